The van der Waals surface area contributed by atoms with Gasteiger partial charge in [-0.1, -0.05) is 39.3 Å². The minimum atomic E-state index is -0.786. The van der Waals surface area contributed by atoms with Crippen molar-refractivity contribution in [2.24, 2.45) is 5.41 Å². The summed E-state index contributed by atoms with van der Waals surface area (Å²) in [4.78, 5) is 12.0. The van der Waals surface area contributed by atoms with Crippen LogP contribution >= 0.6 is 0 Å². The third-order valence-electron chi connectivity index (χ3n) is 6.43. The van der Waals surface area contributed by atoms with Crippen molar-refractivity contribution in [3.05, 3.63) is 34.4 Å². The van der Waals surface area contributed by atoms with Gasteiger partial charge in [0.05, 0.1) is 12.0 Å². The molecule has 0 saturated heterocycles. The summed E-state index contributed by atoms with van der Waals surface area (Å²) in [5.74, 6) is -1.35. The molecule has 1 aromatic rings. The number of carboxylic acids is 1. The number of methoxy groups -OCH3 is 1. The minimum absolute atomic E-state index is 0.0132. The highest BCUT2D eigenvalue weighted by Gasteiger charge is 2.43. The number of hydrogen-bond acceptors (Lipinski definition) is 3. The minimum Gasteiger partial charge on any atom is -0.481 e. The van der Waals surface area contributed by atoms with E-state index in [0.717, 1.165) is 29.5 Å². The van der Waals surface area contributed by atoms with Crippen LogP contribution in [0.5, 0.6) is 0 Å². The van der Waals surface area contributed by atoms with Crippen molar-refractivity contribution in [1.82, 2.24) is 0 Å². The van der Waals surface area contributed by atoms with Crippen LogP contribution in [0.15, 0.2) is 12.1 Å². The zero-order valence-electron chi connectivity index (χ0n) is 16.9. The van der Waals surface area contributed by atoms with Gasteiger partial charge >= 0.3 is 5.97 Å². The first-order chi connectivity index (χ1) is 12.1. The van der Waals surface area contributed by atoms with Crippen LogP contribution in [0, 0.1) is 5.41 Å². The molecule has 2 aliphatic rings. The molecule has 1 aromatic carbocycles. The zero-order valence-corrected chi connectivity index (χ0v) is 16.9. The van der Waals surface area contributed by atoms with Gasteiger partial charge in [-0.15, -0.1) is 0 Å². The number of carbonyl (C=O) groups is 1. The fourth-order valence-corrected chi connectivity index (χ4v) is 5.36. The summed E-state index contributed by atoms with van der Waals surface area (Å²) in [6.07, 6.45) is 3.99. The first kappa shape index (κ1) is 19.4. The van der Waals surface area contributed by atoms with Crippen molar-refractivity contribution in [2.45, 2.75) is 84.0 Å². The highest BCUT2D eigenvalue weighted by Crippen LogP contribution is 2.52. The van der Waals surface area contributed by atoms with E-state index < -0.39 is 18.2 Å². The average molecular weight is 360 g/mol. The van der Waals surface area contributed by atoms with E-state index in [1.165, 1.54) is 18.4 Å². The fourth-order valence-electron chi connectivity index (χ4n) is 5.36. The molecule has 1 aliphatic carbocycles. The van der Waals surface area contributed by atoms with Gasteiger partial charge in [-0.2, -0.15) is 0 Å². The molecule has 4 heteroatoms. The predicted molar refractivity (Wildman–Crippen MR) is 101 cm³/mol. The Bertz CT molecular complexity index is 708. The number of ether oxygens (including phenoxy) is 2. The molecule has 1 heterocycles. The van der Waals surface area contributed by atoms with Gasteiger partial charge in [0.15, 0.2) is 6.29 Å². The number of rotatable bonds is 4. The molecule has 1 N–H and O–H groups in total. The Morgan fingerprint density at radius 3 is 2.58 bits per heavy atom. The third-order valence-corrected chi connectivity index (χ3v) is 6.43. The van der Waals surface area contributed by atoms with Gasteiger partial charge < -0.3 is 14.6 Å². The topological polar surface area (TPSA) is 55.8 Å². The lowest BCUT2D eigenvalue weighted by molar-refractivity contribution is -0.138. The van der Waals surface area contributed by atoms with Crippen molar-refractivity contribution < 1.29 is 19.4 Å². The summed E-state index contributed by atoms with van der Waals surface area (Å²) >= 11 is 0. The quantitative estimate of drug-likeness (QED) is 0.773. The molecular formula is C22H32O4. The molecule has 0 aromatic heterocycles. The van der Waals surface area contributed by atoms with Crippen LogP contribution in [-0.4, -0.2) is 18.2 Å². The van der Waals surface area contributed by atoms with Crippen LogP contribution in [-0.2, 0) is 19.7 Å². The van der Waals surface area contributed by atoms with E-state index in [1.54, 1.807) is 14.0 Å². The van der Waals surface area contributed by atoms with E-state index in [1.807, 2.05) is 6.92 Å². The lowest BCUT2D eigenvalue weighted by Crippen LogP contribution is -2.36. The summed E-state index contributed by atoms with van der Waals surface area (Å²) in [5.41, 5.74) is 4.39. The second kappa shape index (κ2) is 6.65. The van der Waals surface area contributed by atoms with Crippen LogP contribution in [0.1, 0.15) is 101 Å². The normalized spacial score (nSPS) is 31.5. The highest BCUT2D eigenvalue weighted by atomic mass is 16.7. The van der Waals surface area contributed by atoms with E-state index in [-0.39, 0.29) is 16.9 Å². The molecule has 0 bridgehead atoms. The van der Waals surface area contributed by atoms with Gasteiger partial charge in [0.25, 0.3) is 0 Å². The molecule has 144 valence electrons. The summed E-state index contributed by atoms with van der Waals surface area (Å²) in [6.45, 7) is 10.7. The second-order valence-electron chi connectivity index (χ2n) is 9.19. The summed E-state index contributed by atoms with van der Waals surface area (Å²) < 4.78 is 11.4. The van der Waals surface area contributed by atoms with E-state index >= 15 is 0 Å². The first-order valence-electron chi connectivity index (χ1n) is 9.68. The van der Waals surface area contributed by atoms with Crippen molar-refractivity contribution >= 4 is 5.97 Å². The SMILES string of the molecule is CO[C@@H]1O[C@H](C)c2c1ccc([C@@]1(C)CCCC(C)(C)C1)c2[C@@H](C)C(=O)O. The van der Waals surface area contributed by atoms with E-state index in [9.17, 15) is 9.90 Å². The van der Waals surface area contributed by atoms with Crippen LogP contribution in [0.4, 0.5) is 0 Å². The summed E-state index contributed by atoms with van der Waals surface area (Å²) in [7, 11) is 1.63. The van der Waals surface area contributed by atoms with Crippen LogP contribution < -0.4 is 0 Å². The largest absolute Gasteiger partial charge is 0.481 e. The number of benzene rings is 1. The van der Waals surface area contributed by atoms with Gasteiger partial charge in [0, 0.05) is 12.7 Å². The van der Waals surface area contributed by atoms with Gasteiger partial charge in [0.1, 0.15) is 0 Å². The lowest BCUT2D eigenvalue weighted by Gasteiger charge is -2.44. The Hall–Kier alpha value is -1.39. The number of hydrogen-bond donors (Lipinski definition) is 1. The van der Waals surface area contributed by atoms with Crippen molar-refractivity contribution in [3.63, 3.8) is 0 Å². The standard InChI is InChI=1S/C22H32O4/c1-13(19(23)24)17-16(22(5)11-7-10-21(3,4)12-22)9-8-15-18(17)14(2)26-20(15)25-6/h8-9,13-14,20H,7,10-12H2,1-6H3,(H,23,24)/t13-,14-,20-,22+/m1/s1. The molecule has 1 fully saturated rings. The Morgan fingerprint density at radius 2 is 2.00 bits per heavy atom. The second-order valence-corrected chi connectivity index (χ2v) is 9.19. The first-order valence-corrected chi connectivity index (χ1v) is 9.68. The molecular weight excluding hydrogens is 328 g/mol. The van der Waals surface area contributed by atoms with Crippen LogP contribution in [0.2, 0.25) is 0 Å². The molecule has 0 spiro atoms. The molecule has 1 saturated carbocycles. The Labute approximate surface area is 156 Å². The number of carboxylic acid groups (broad SMARTS) is 1. The Kier molecular flexibility index (Phi) is 4.95. The van der Waals surface area contributed by atoms with Crippen molar-refractivity contribution in [1.29, 1.82) is 0 Å². The molecule has 4 nitrogen and oxygen atoms in total. The monoisotopic (exact) mass is 360 g/mol. The number of fused-ring (bicyclic) bond motifs is 1. The molecule has 1 aliphatic heterocycles. The molecule has 0 amide bonds. The molecule has 3 rings (SSSR count). The molecule has 26 heavy (non-hydrogen) atoms. The van der Waals surface area contributed by atoms with E-state index in [2.05, 4.69) is 32.9 Å². The van der Waals surface area contributed by atoms with Crippen molar-refractivity contribution in [2.75, 3.05) is 7.11 Å². The Morgan fingerprint density at radius 1 is 1.31 bits per heavy atom. The molecule has 0 radical (unpaired) electrons. The average Bonchev–Trinajstić information content (AvgIpc) is 2.88. The van der Waals surface area contributed by atoms with Crippen LogP contribution in [0.25, 0.3) is 0 Å². The predicted octanol–water partition coefficient (Wildman–Crippen LogP) is 5.47. The molecule has 0 unspecified atom stereocenters. The summed E-state index contributed by atoms with van der Waals surface area (Å²) in [5, 5.41) is 9.81. The zero-order chi connectivity index (χ0) is 19.3. The fraction of sp³-hybridized carbons (Fsp3) is 0.682. The smallest absolute Gasteiger partial charge is 0.310 e. The van der Waals surface area contributed by atoms with Gasteiger partial charge in [-0.25, -0.2) is 0 Å². The van der Waals surface area contributed by atoms with E-state index in [0.29, 0.717) is 0 Å². The maximum atomic E-state index is 12.0. The van der Waals surface area contributed by atoms with Crippen molar-refractivity contribution in [3.8, 4) is 0 Å². The maximum Gasteiger partial charge on any atom is 0.310 e. The summed E-state index contributed by atoms with van der Waals surface area (Å²) in [6, 6.07) is 4.23. The maximum absolute atomic E-state index is 12.0. The Balaban J connectivity index is 2.20. The van der Waals surface area contributed by atoms with E-state index in [4.69, 9.17) is 9.47 Å². The van der Waals surface area contributed by atoms with Gasteiger partial charge in [-0.3, -0.25) is 4.79 Å². The highest BCUT2D eigenvalue weighted by molar-refractivity contribution is 5.77. The molecule has 4 atom stereocenters. The lowest BCUT2D eigenvalue weighted by atomic mass is 9.60. The van der Waals surface area contributed by atoms with Gasteiger partial charge in [0.2, 0.25) is 0 Å². The van der Waals surface area contributed by atoms with Crippen LogP contribution in [0.3, 0.4) is 0 Å². The third kappa shape index (κ3) is 3.18. The van der Waals surface area contributed by atoms with Gasteiger partial charge in [-0.05, 0) is 60.6 Å². The number of aliphatic carboxylic acids is 1.